The summed E-state index contributed by atoms with van der Waals surface area (Å²) in [5.74, 6) is -0.130. The monoisotopic (exact) mass is 436 g/mol. The number of carbonyl (C=O) groups excluding carboxylic acids is 2. The maximum Gasteiger partial charge on any atom is 0.220 e. The molecule has 2 rings (SSSR count). The van der Waals surface area contributed by atoms with Gasteiger partial charge in [-0.25, -0.2) is 0 Å². The molecule has 32 heavy (non-hydrogen) atoms. The molecule has 174 valence electrons. The van der Waals surface area contributed by atoms with Gasteiger partial charge >= 0.3 is 0 Å². The summed E-state index contributed by atoms with van der Waals surface area (Å²) >= 11 is 0. The summed E-state index contributed by atoms with van der Waals surface area (Å²) in [5.41, 5.74) is 1.48. The Hall–Kier alpha value is -2.62. The number of hydrogen-bond acceptors (Lipinski definition) is 2. The number of hydrogen-bond donors (Lipinski definition) is 2. The van der Waals surface area contributed by atoms with Gasteiger partial charge in [-0.15, -0.1) is 0 Å². The highest BCUT2D eigenvalue weighted by Crippen LogP contribution is 2.15. The Kier molecular flexibility index (Phi) is 12.9. The number of H-pyrrole nitrogens is 1. The first-order chi connectivity index (χ1) is 15.7. The molecule has 1 aromatic heterocycles. The summed E-state index contributed by atoms with van der Waals surface area (Å²) in [6, 6.07) is 9.61. The van der Waals surface area contributed by atoms with Crippen LogP contribution in [0, 0.1) is 0 Å². The van der Waals surface area contributed by atoms with Gasteiger partial charge in [0.05, 0.1) is 12.2 Å². The number of fused-ring (bicyclic) bond motifs is 1. The lowest BCUT2D eigenvalue weighted by atomic mass is 10.1. The number of aromatic amines is 1. The van der Waals surface area contributed by atoms with Crippen LogP contribution in [-0.2, 0) is 4.79 Å². The minimum Gasteiger partial charge on any atom is -0.352 e. The predicted molar refractivity (Wildman–Crippen MR) is 135 cm³/mol. The van der Waals surface area contributed by atoms with Crippen molar-refractivity contribution in [3.05, 3.63) is 60.3 Å². The van der Waals surface area contributed by atoms with Crippen molar-refractivity contribution in [1.82, 2.24) is 10.3 Å². The zero-order valence-electron chi connectivity index (χ0n) is 19.7. The van der Waals surface area contributed by atoms with E-state index >= 15 is 0 Å². The minimum absolute atomic E-state index is 0.0415. The lowest BCUT2D eigenvalue weighted by molar-refractivity contribution is -0.121. The number of rotatable bonds is 17. The van der Waals surface area contributed by atoms with E-state index < -0.39 is 0 Å². The van der Waals surface area contributed by atoms with Gasteiger partial charge in [0.15, 0.2) is 5.78 Å². The fourth-order valence-electron chi connectivity index (χ4n) is 3.68. The Bertz CT molecular complexity index is 830. The van der Waals surface area contributed by atoms with E-state index in [4.69, 9.17) is 0 Å². The van der Waals surface area contributed by atoms with Crippen LogP contribution in [0.1, 0.15) is 94.5 Å². The van der Waals surface area contributed by atoms with Crippen molar-refractivity contribution in [2.24, 2.45) is 0 Å². The van der Waals surface area contributed by atoms with Crippen LogP contribution in [0.2, 0.25) is 0 Å². The van der Waals surface area contributed by atoms with Gasteiger partial charge < -0.3 is 10.3 Å². The van der Waals surface area contributed by atoms with Crippen molar-refractivity contribution in [2.45, 2.75) is 84.0 Å². The minimum atomic E-state index is -0.0883. The number of Topliss-reactive ketones (excluding diaryl/α,β-unsaturated/α-hetero) is 1. The van der Waals surface area contributed by atoms with Gasteiger partial charge in [-0.05, 0) is 50.7 Å². The maximum atomic E-state index is 12.3. The third-order valence-electron chi connectivity index (χ3n) is 5.63. The summed E-state index contributed by atoms with van der Waals surface area (Å²) in [5, 5.41) is 3.76. The molecule has 4 nitrogen and oxygen atoms in total. The highest BCUT2D eigenvalue weighted by molar-refractivity contribution is 6.01. The Morgan fingerprint density at radius 3 is 2.31 bits per heavy atom. The van der Waals surface area contributed by atoms with Gasteiger partial charge in [0.25, 0.3) is 0 Å². The molecule has 2 N–H and O–H groups in total. The normalized spacial score (nSPS) is 11.7. The molecule has 0 aliphatic heterocycles. The third-order valence-corrected chi connectivity index (χ3v) is 5.63. The standard InChI is InChI=1S/C28H40N2O2/c1-2-3-4-5-6-7-8-9-10-11-12-13-14-15-16-21-28(32)29-23-27(31)26-22-24-19-17-18-20-25(24)30-26/h6-7,9-10,17-20,22,30H,2-5,8,11-16,21,23H2,1H3,(H,29,32)/b7-6+,10-9+. The Morgan fingerprint density at radius 1 is 0.875 bits per heavy atom. The van der Waals surface area contributed by atoms with Crippen LogP contribution in [0.15, 0.2) is 54.6 Å². The summed E-state index contributed by atoms with van der Waals surface area (Å²) in [6.45, 7) is 2.28. The van der Waals surface area contributed by atoms with E-state index in [-0.39, 0.29) is 18.2 Å². The van der Waals surface area contributed by atoms with Crippen LogP contribution in [0.4, 0.5) is 0 Å². The number of para-hydroxylation sites is 1. The zero-order valence-corrected chi connectivity index (χ0v) is 19.7. The smallest absolute Gasteiger partial charge is 0.220 e. The summed E-state index contributed by atoms with van der Waals surface area (Å²) in [7, 11) is 0. The van der Waals surface area contributed by atoms with Gasteiger partial charge in [-0.3, -0.25) is 9.59 Å². The molecule has 0 saturated carbocycles. The fourth-order valence-corrected chi connectivity index (χ4v) is 3.68. The van der Waals surface area contributed by atoms with Gasteiger partial charge in [0.2, 0.25) is 5.91 Å². The summed E-state index contributed by atoms with van der Waals surface area (Å²) in [4.78, 5) is 27.4. The first kappa shape index (κ1) is 25.6. The number of allylic oxidation sites excluding steroid dienone is 4. The van der Waals surface area contributed by atoms with Crippen molar-refractivity contribution in [3.8, 4) is 0 Å². The molecular weight excluding hydrogens is 396 g/mol. The molecule has 2 aromatic rings. The molecule has 0 radical (unpaired) electrons. The van der Waals surface area contributed by atoms with Crippen molar-refractivity contribution >= 4 is 22.6 Å². The molecule has 0 atom stereocenters. The van der Waals surface area contributed by atoms with E-state index in [0.717, 1.165) is 43.0 Å². The number of unbranched alkanes of at least 4 members (excludes halogenated alkanes) is 8. The zero-order chi connectivity index (χ0) is 22.9. The van der Waals surface area contributed by atoms with E-state index in [2.05, 4.69) is 41.5 Å². The molecule has 0 bridgehead atoms. The van der Waals surface area contributed by atoms with Crippen molar-refractivity contribution in [3.63, 3.8) is 0 Å². The van der Waals surface area contributed by atoms with Crippen LogP contribution in [0.25, 0.3) is 10.9 Å². The first-order valence-corrected chi connectivity index (χ1v) is 12.4. The van der Waals surface area contributed by atoms with Crippen LogP contribution in [-0.4, -0.2) is 23.2 Å². The van der Waals surface area contributed by atoms with Crippen molar-refractivity contribution in [2.75, 3.05) is 6.54 Å². The number of carbonyl (C=O) groups is 2. The molecule has 4 heteroatoms. The lowest BCUT2D eigenvalue weighted by Crippen LogP contribution is -2.29. The largest absolute Gasteiger partial charge is 0.352 e. The second-order valence-corrected chi connectivity index (χ2v) is 8.45. The van der Waals surface area contributed by atoms with Gasteiger partial charge in [-0.1, -0.05) is 81.5 Å². The molecule has 0 saturated heterocycles. The molecule has 0 spiro atoms. The maximum absolute atomic E-state index is 12.3. The Labute approximate surface area is 193 Å². The molecule has 0 aliphatic carbocycles. The molecule has 1 heterocycles. The van der Waals surface area contributed by atoms with Crippen molar-refractivity contribution in [1.29, 1.82) is 0 Å². The molecule has 1 amide bonds. The van der Waals surface area contributed by atoms with E-state index in [9.17, 15) is 9.59 Å². The molecule has 0 fully saturated rings. The first-order valence-electron chi connectivity index (χ1n) is 12.4. The van der Waals surface area contributed by atoms with E-state index in [1.165, 1.54) is 38.5 Å². The lowest BCUT2D eigenvalue weighted by Gasteiger charge is -2.04. The number of nitrogens with one attached hydrogen (secondary N) is 2. The van der Waals surface area contributed by atoms with E-state index in [0.29, 0.717) is 12.1 Å². The highest BCUT2D eigenvalue weighted by Gasteiger charge is 2.10. The summed E-state index contributed by atoms with van der Waals surface area (Å²) < 4.78 is 0. The fraction of sp³-hybridized carbons (Fsp3) is 0.500. The SMILES string of the molecule is CCCCC/C=C/C/C=C/CCCCCCCC(=O)NCC(=O)c1cc2ccccc2[nH]1. The average Bonchev–Trinajstić information content (AvgIpc) is 3.24. The Balaban J connectivity index is 1.43. The van der Waals surface area contributed by atoms with Gasteiger partial charge in [-0.2, -0.15) is 0 Å². The quantitative estimate of drug-likeness (QED) is 0.155. The third kappa shape index (κ3) is 10.6. The molecule has 1 aromatic carbocycles. The van der Waals surface area contributed by atoms with Crippen LogP contribution < -0.4 is 5.32 Å². The second kappa shape index (κ2) is 16.1. The van der Waals surface area contributed by atoms with Gasteiger partial charge in [0, 0.05) is 17.3 Å². The number of ketones is 1. The van der Waals surface area contributed by atoms with Gasteiger partial charge in [0.1, 0.15) is 0 Å². The highest BCUT2D eigenvalue weighted by atomic mass is 16.2. The molecular formula is C28H40N2O2. The summed E-state index contributed by atoms with van der Waals surface area (Å²) in [6.07, 6.45) is 22.4. The Morgan fingerprint density at radius 2 is 1.56 bits per heavy atom. The number of benzene rings is 1. The molecule has 0 unspecified atom stereocenters. The average molecular weight is 437 g/mol. The van der Waals surface area contributed by atoms with E-state index in [1.54, 1.807) is 0 Å². The number of aromatic nitrogens is 1. The van der Waals surface area contributed by atoms with Crippen LogP contribution >= 0.6 is 0 Å². The van der Waals surface area contributed by atoms with Crippen LogP contribution in [0.5, 0.6) is 0 Å². The topological polar surface area (TPSA) is 62.0 Å². The molecule has 0 aliphatic rings. The van der Waals surface area contributed by atoms with Crippen LogP contribution in [0.3, 0.4) is 0 Å². The second-order valence-electron chi connectivity index (χ2n) is 8.45. The van der Waals surface area contributed by atoms with Crippen molar-refractivity contribution < 1.29 is 9.59 Å². The van der Waals surface area contributed by atoms with E-state index in [1.807, 2.05) is 30.3 Å². The number of amides is 1. The predicted octanol–water partition coefficient (Wildman–Crippen LogP) is 7.28.